The lowest BCUT2D eigenvalue weighted by atomic mass is 10.0. The van der Waals surface area contributed by atoms with Crippen molar-refractivity contribution in [2.24, 2.45) is 0 Å². The first-order valence-electron chi connectivity index (χ1n) is 9.05. The van der Waals surface area contributed by atoms with E-state index < -0.39 is 0 Å². The molecule has 1 aromatic carbocycles. The van der Waals surface area contributed by atoms with E-state index in [1.54, 1.807) is 0 Å². The molecule has 0 radical (unpaired) electrons. The molecule has 0 amide bonds. The maximum absolute atomic E-state index is 10.00. The summed E-state index contributed by atoms with van der Waals surface area (Å²) in [6, 6.07) is 10.6. The number of aliphatic hydroxyl groups excluding tert-OH is 1. The first-order valence-corrected chi connectivity index (χ1v) is 9.05. The number of benzene rings is 1. The Bertz CT molecular complexity index is 320. The largest absolute Gasteiger partial charge is 0.393 e. The Morgan fingerprint density at radius 1 is 0.762 bits per heavy atom. The topological polar surface area (TPSA) is 20.2 Å². The van der Waals surface area contributed by atoms with E-state index in [0.29, 0.717) is 0 Å². The number of hydrogen-bond donors (Lipinski definition) is 1. The maximum atomic E-state index is 10.00. The van der Waals surface area contributed by atoms with E-state index in [1.807, 2.05) is 0 Å². The molecule has 120 valence electrons. The van der Waals surface area contributed by atoms with Gasteiger partial charge in [0.25, 0.3) is 0 Å². The fraction of sp³-hybridized carbons (Fsp3) is 0.700. The number of aliphatic hydroxyl groups is 1. The fourth-order valence-corrected chi connectivity index (χ4v) is 2.84. The molecule has 0 aliphatic rings. The van der Waals surface area contributed by atoms with Crippen LogP contribution in [0.2, 0.25) is 0 Å². The van der Waals surface area contributed by atoms with Crippen LogP contribution < -0.4 is 0 Å². The smallest absolute Gasteiger partial charge is 0.0540 e. The highest BCUT2D eigenvalue weighted by Crippen LogP contribution is 2.13. The molecule has 0 heterocycles. The molecule has 1 aromatic rings. The molecule has 0 aromatic heterocycles. The second kappa shape index (κ2) is 12.9. The van der Waals surface area contributed by atoms with Crippen molar-refractivity contribution >= 4 is 0 Å². The minimum atomic E-state index is -0.0891. The molecule has 0 saturated heterocycles. The number of rotatable bonds is 13. The molecule has 1 N–H and O–H groups in total. The predicted molar refractivity (Wildman–Crippen MR) is 92.6 cm³/mol. The summed E-state index contributed by atoms with van der Waals surface area (Å²) < 4.78 is 0. The Labute approximate surface area is 131 Å². The lowest BCUT2D eigenvalue weighted by molar-refractivity contribution is 0.148. The Morgan fingerprint density at radius 2 is 1.33 bits per heavy atom. The van der Waals surface area contributed by atoms with Gasteiger partial charge in [-0.1, -0.05) is 88.6 Å². The minimum absolute atomic E-state index is 0.0891. The van der Waals surface area contributed by atoms with E-state index in [4.69, 9.17) is 0 Å². The Kier molecular flexibility index (Phi) is 11.2. The van der Waals surface area contributed by atoms with E-state index in [9.17, 15) is 5.11 Å². The van der Waals surface area contributed by atoms with Crippen LogP contribution in [0.25, 0.3) is 0 Å². The van der Waals surface area contributed by atoms with Crippen molar-refractivity contribution in [3.8, 4) is 0 Å². The highest BCUT2D eigenvalue weighted by Gasteiger charge is 2.04. The summed E-state index contributed by atoms with van der Waals surface area (Å²) >= 11 is 0. The molecule has 0 aliphatic heterocycles. The van der Waals surface area contributed by atoms with Crippen molar-refractivity contribution in [3.05, 3.63) is 35.9 Å². The average molecular weight is 290 g/mol. The van der Waals surface area contributed by atoms with Crippen molar-refractivity contribution in [1.82, 2.24) is 0 Å². The average Bonchev–Trinajstić information content (AvgIpc) is 2.51. The molecule has 0 bridgehead atoms. The SMILES string of the molecule is CCCCCCCCCCC(O)CCCc1ccccc1. The number of unbranched alkanes of at least 4 members (excludes halogenated alkanes) is 7. The van der Waals surface area contributed by atoms with Gasteiger partial charge in [0.1, 0.15) is 0 Å². The van der Waals surface area contributed by atoms with E-state index in [-0.39, 0.29) is 6.10 Å². The molecule has 0 fully saturated rings. The third kappa shape index (κ3) is 10.5. The lowest BCUT2D eigenvalue weighted by Crippen LogP contribution is -2.06. The van der Waals surface area contributed by atoms with Gasteiger partial charge in [-0.2, -0.15) is 0 Å². The minimum Gasteiger partial charge on any atom is -0.393 e. The van der Waals surface area contributed by atoms with Crippen LogP contribution in [0.5, 0.6) is 0 Å². The third-order valence-corrected chi connectivity index (χ3v) is 4.24. The third-order valence-electron chi connectivity index (χ3n) is 4.24. The first-order chi connectivity index (χ1) is 10.3. The first kappa shape index (κ1) is 18.2. The zero-order valence-corrected chi connectivity index (χ0v) is 13.9. The summed E-state index contributed by atoms with van der Waals surface area (Å²) in [4.78, 5) is 0. The van der Waals surface area contributed by atoms with Crippen molar-refractivity contribution in [2.45, 2.75) is 90.1 Å². The highest BCUT2D eigenvalue weighted by atomic mass is 16.3. The summed E-state index contributed by atoms with van der Waals surface area (Å²) in [5, 5.41) is 10.00. The fourth-order valence-electron chi connectivity index (χ4n) is 2.84. The van der Waals surface area contributed by atoms with Gasteiger partial charge in [-0.3, -0.25) is 0 Å². The predicted octanol–water partition coefficient (Wildman–Crippen LogP) is 5.90. The monoisotopic (exact) mass is 290 g/mol. The van der Waals surface area contributed by atoms with Crippen molar-refractivity contribution in [3.63, 3.8) is 0 Å². The molecular formula is C20H34O. The van der Waals surface area contributed by atoms with Crippen LogP contribution in [0.1, 0.15) is 83.1 Å². The van der Waals surface area contributed by atoms with Gasteiger partial charge < -0.3 is 5.11 Å². The molecule has 21 heavy (non-hydrogen) atoms. The van der Waals surface area contributed by atoms with Crippen LogP contribution in [-0.4, -0.2) is 11.2 Å². The van der Waals surface area contributed by atoms with Crippen LogP contribution >= 0.6 is 0 Å². The van der Waals surface area contributed by atoms with E-state index in [0.717, 1.165) is 25.7 Å². The Balaban J connectivity index is 1.88. The van der Waals surface area contributed by atoms with Gasteiger partial charge in [0, 0.05) is 0 Å². The van der Waals surface area contributed by atoms with E-state index in [2.05, 4.69) is 37.3 Å². The molecule has 1 heteroatoms. The molecule has 0 saturated carbocycles. The molecule has 1 rings (SSSR count). The van der Waals surface area contributed by atoms with Crippen LogP contribution in [-0.2, 0) is 6.42 Å². The van der Waals surface area contributed by atoms with E-state index in [1.165, 1.54) is 56.9 Å². The summed E-state index contributed by atoms with van der Waals surface area (Å²) in [5.41, 5.74) is 1.39. The lowest BCUT2D eigenvalue weighted by Gasteiger charge is -2.10. The van der Waals surface area contributed by atoms with Crippen molar-refractivity contribution < 1.29 is 5.11 Å². The van der Waals surface area contributed by atoms with Crippen LogP contribution in [0.15, 0.2) is 30.3 Å². The molecule has 0 aliphatic carbocycles. The normalized spacial score (nSPS) is 12.5. The second-order valence-electron chi connectivity index (χ2n) is 6.30. The molecule has 1 nitrogen and oxygen atoms in total. The summed E-state index contributed by atoms with van der Waals surface area (Å²) in [7, 11) is 0. The van der Waals surface area contributed by atoms with Crippen molar-refractivity contribution in [2.75, 3.05) is 0 Å². The van der Waals surface area contributed by atoms with Crippen LogP contribution in [0, 0.1) is 0 Å². The van der Waals surface area contributed by atoms with Crippen LogP contribution in [0.3, 0.4) is 0 Å². The molecule has 0 spiro atoms. The quantitative estimate of drug-likeness (QED) is 0.448. The number of aryl methyl sites for hydroxylation is 1. The maximum Gasteiger partial charge on any atom is 0.0540 e. The van der Waals surface area contributed by atoms with Crippen molar-refractivity contribution in [1.29, 1.82) is 0 Å². The molecule has 1 atom stereocenters. The standard InChI is InChI=1S/C20H34O/c1-2-3-4-5-6-7-8-12-17-20(21)18-13-16-19-14-10-9-11-15-19/h9-11,14-15,20-21H,2-8,12-13,16-18H2,1H3. The zero-order valence-electron chi connectivity index (χ0n) is 13.9. The summed E-state index contributed by atoms with van der Waals surface area (Å²) in [6.07, 6.45) is 14.8. The summed E-state index contributed by atoms with van der Waals surface area (Å²) in [5.74, 6) is 0. The zero-order chi connectivity index (χ0) is 15.2. The van der Waals surface area contributed by atoms with Gasteiger partial charge >= 0.3 is 0 Å². The van der Waals surface area contributed by atoms with Gasteiger partial charge in [0.15, 0.2) is 0 Å². The highest BCUT2D eigenvalue weighted by molar-refractivity contribution is 5.14. The second-order valence-corrected chi connectivity index (χ2v) is 6.30. The number of hydrogen-bond acceptors (Lipinski definition) is 1. The molecule has 1 unspecified atom stereocenters. The van der Waals surface area contributed by atoms with Gasteiger partial charge in [-0.05, 0) is 31.2 Å². The van der Waals surface area contributed by atoms with Gasteiger partial charge in [0.2, 0.25) is 0 Å². The van der Waals surface area contributed by atoms with Gasteiger partial charge in [-0.25, -0.2) is 0 Å². The van der Waals surface area contributed by atoms with E-state index >= 15 is 0 Å². The Hall–Kier alpha value is -0.820. The van der Waals surface area contributed by atoms with Crippen LogP contribution in [0.4, 0.5) is 0 Å². The summed E-state index contributed by atoms with van der Waals surface area (Å²) in [6.45, 7) is 2.26. The molecular weight excluding hydrogens is 256 g/mol. The Morgan fingerprint density at radius 3 is 2.00 bits per heavy atom. The van der Waals surface area contributed by atoms with Gasteiger partial charge in [0.05, 0.1) is 6.10 Å². The van der Waals surface area contributed by atoms with Gasteiger partial charge in [-0.15, -0.1) is 0 Å².